The van der Waals surface area contributed by atoms with Crippen LogP contribution < -0.4 is 9.62 Å². The van der Waals surface area contributed by atoms with Crippen LogP contribution in [0.15, 0.2) is 71.6 Å². The summed E-state index contributed by atoms with van der Waals surface area (Å²) in [7, 11) is -4.15. The number of halogens is 1. The Hall–Kier alpha value is -3.36. The minimum Gasteiger partial charge on any atom is -0.354 e. The third-order valence-corrected chi connectivity index (χ3v) is 9.05. The molecule has 1 N–H and O–H groups in total. The molecular weight excluding hydrogens is 546 g/mol. The van der Waals surface area contributed by atoms with Crippen molar-refractivity contribution in [2.45, 2.75) is 64.9 Å². The van der Waals surface area contributed by atoms with Gasteiger partial charge in [0, 0.05) is 18.1 Å². The van der Waals surface area contributed by atoms with Gasteiger partial charge in [0.2, 0.25) is 11.8 Å². The van der Waals surface area contributed by atoms with E-state index in [0.717, 1.165) is 33.8 Å². The summed E-state index contributed by atoms with van der Waals surface area (Å²) in [5.74, 6) is -0.797. The van der Waals surface area contributed by atoms with Crippen LogP contribution in [0.3, 0.4) is 0 Å². The predicted octanol–water partition coefficient (Wildman–Crippen LogP) is 5.79. The molecule has 0 radical (unpaired) electrons. The number of nitrogens with one attached hydrogen (secondary N) is 1. The van der Waals surface area contributed by atoms with Crippen molar-refractivity contribution in [1.82, 2.24) is 10.2 Å². The minimum absolute atomic E-state index is 0.0562. The van der Waals surface area contributed by atoms with Gasteiger partial charge >= 0.3 is 0 Å². The number of benzene rings is 3. The summed E-state index contributed by atoms with van der Waals surface area (Å²) < 4.78 is 29.0. The molecule has 3 rings (SSSR count). The SMILES string of the molecule is CCCCNC(=O)[C@@H](C)N(Cc1ccc(C)cc1)C(=O)CN(c1cccc(Cl)c1C)S(=O)(=O)c1ccc(C)cc1. The molecule has 0 aromatic heterocycles. The van der Waals surface area contributed by atoms with E-state index in [4.69, 9.17) is 11.6 Å². The van der Waals surface area contributed by atoms with E-state index >= 15 is 0 Å². The van der Waals surface area contributed by atoms with Crippen LogP contribution in [-0.2, 0) is 26.2 Å². The third kappa shape index (κ3) is 7.64. The number of unbranched alkanes of at least 4 members (excludes halogenated alkanes) is 1. The largest absolute Gasteiger partial charge is 0.354 e. The second-order valence-corrected chi connectivity index (χ2v) is 12.3. The van der Waals surface area contributed by atoms with Crippen molar-refractivity contribution in [3.63, 3.8) is 0 Å². The standard InChI is InChI=1S/C31H38ClN3O4S/c1-6-7-19-33-31(37)25(5)34(20-26-15-11-22(2)12-16-26)30(36)21-35(29-10-8-9-28(32)24(29)4)40(38,39)27-17-13-23(3)14-18-27/h8-18,25H,6-7,19-21H2,1-5H3,(H,33,37)/t25-/m1/s1. The van der Waals surface area contributed by atoms with Gasteiger partial charge in [-0.25, -0.2) is 8.42 Å². The molecule has 0 bridgehead atoms. The highest BCUT2D eigenvalue weighted by molar-refractivity contribution is 7.92. The molecule has 9 heteroatoms. The Kier molecular flexibility index (Phi) is 10.8. The second kappa shape index (κ2) is 13.8. The monoisotopic (exact) mass is 583 g/mol. The third-order valence-electron chi connectivity index (χ3n) is 6.87. The first kappa shape index (κ1) is 31.2. The van der Waals surface area contributed by atoms with Gasteiger partial charge in [0.1, 0.15) is 12.6 Å². The van der Waals surface area contributed by atoms with Gasteiger partial charge < -0.3 is 10.2 Å². The zero-order chi connectivity index (χ0) is 29.4. The molecule has 214 valence electrons. The number of sulfonamides is 1. The van der Waals surface area contributed by atoms with Crippen molar-refractivity contribution in [3.05, 3.63) is 94.0 Å². The molecule has 0 aliphatic carbocycles. The zero-order valence-electron chi connectivity index (χ0n) is 23.8. The molecule has 0 heterocycles. The summed E-state index contributed by atoms with van der Waals surface area (Å²) in [6, 6.07) is 18.3. The smallest absolute Gasteiger partial charge is 0.264 e. The molecule has 0 aliphatic rings. The molecular formula is C31H38ClN3O4S. The highest BCUT2D eigenvalue weighted by Crippen LogP contribution is 2.31. The van der Waals surface area contributed by atoms with E-state index in [0.29, 0.717) is 22.8 Å². The Balaban J connectivity index is 2.04. The number of aryl methyl sites for hydroxylation is 2. The highest BCUT2D eigenvalue weighted by atomic mass is 35.5. The molecule has 2 amide bonds. The highest BCUT2D eigenvalue weighted by Gasteiger charge is 2.33. The molecule has 0 saturated carbocycles. The second-order valence-electron chi connectivity index (χ2n) is 10.0. The number of carbonyl (C=O) groups is 2. The number of amides is 2. The predicted molar refractivity (Wildman–Crippen MR) is 161 cm³/mol. The van der Waals surface area contributed by atoms with E-state index in [-0.39, 0.29) is 17.3 Å². The van der Waals surface area contributed by atoms with Crippen molar-refractivity contribution in [3.8, 4) is 0 Å². The van der Waals surface area contributed by atoms with Gasteiger partial charge in [0.05, 0.1) is 10.6 Å². The van der Waals surface area contributed by atoms with Crippen LogP contribution in [0.1, 0.15) is 48.9 Å². The fourth-order valence-corrected chi connectivity index (χ4v) is 5.87. The molecule has 7 nitrogen and oxygen atoms in total. The summed E-state index contributed by atoms with van der Waals surface area (Å²) in [5, 5.41) is 3.28. The van der Waals surface area contributed by atoms with Crippen molar-refractivity contribution in [2.24, 2.45) is 0 Å². The van der Waals surface area contributed by atoms with Crippen LogP contribution in [0.2, 0.25) is 5.02 Å². The van der Waals surface area contributed by atoms with Gasteiger partial charge in [-0.3, -0.25) is 13.9 Å². The molecule has 40 heavy (non-hydrogen) atoms. The molecule has 3 aromatic rings. The average molecular weight is 584 g/mol. The summed E-state index contributed by atoms with van der Waals surface area (Å²) in [6.07, 6.45) is 1.74. The summed E-state index contributed by atoms with van der Waals surface area (Å²) in [4.78, 5) is 28.6. The van der Waals surface area contributed by atoms with Gasteiger partial charge in [0.25, 0.3) is 10.0 Å². The van der Waals surface area contributed by atoms with E-state index in [2.05, 4.69) is 5.32 Å². The fourth-order valence-electron chi connectivity index (χ4n) is 4.23. The van der Waals surface area contributed by atoms with Crippen LogP contribution in [0.4, 0.5) is 5.69 Å². The van der Waals surface area contributed by atoms with Gasteiger partial charge in [-0.15, -0.1) is 0 Å². The van der Waals surface area contributed by atoms with Crippen LogP contribution in [0, 0.1) is 20.8 Å². The van der Waals surface area contributed by atoms with Crippen molar-refractivity contribution >= 4 is 39.1 Å². The molecule has 0 fully saturated rings. The van der Waals surface area contributed by atoms with Gasteiger partial charge in [-0.1, -0.05) is 78.5 Å². The first-order valence-corrected chi connectivity index (χ1v) is 15.2. The Morgan fingerprint density at radius 1 is 0.925 bits per heavy atom. The quantitative estimate of drug-likeness (QED) is 0.273. The maximum Gasteiger partial charge on any atom is 0.264 e. The van der Waals surface area contributed by atoms with Crippen molar-refractivity contribution < 1.29 is 18.0 Å². The first-order chi connectivity index (χ1) is 18.9. The van der Waals surface area contributed by atoms with E-state index in [1.165, 1.54) is 17.0 Å². The van der Waals surface area contributed by atoms with E-state index in [9.17, 15) is 18.0 Å². The lowest BCUT2D eigenvalue weighted by molar-refractivity contribution is -0.139. The average Bonchev–Trinajstić information content (AvgIpc) is 2.93. The molecule has 0 spiro atoms. The summed E-state index contributed by atoms with van der Waals surface area (Å²) >= 11 is 6.38. The Morgan fingerprint density at radius 3 is 2.12 bits per heavy atom. The number of carbonyl (C=O) groups excluding carboxylic acids is 2. The number of rotatable bonds is 12. The number of nitrogens with zero attached hydrogens (tertiary/aromatic N) is 2. The zero-order valence-corrected chi connectivity index (χ0v) is 25.3. The van der Waals surface area contributed by atoms with Crippen LogP contribution >= 0.6 is 11.6 Å². The lowest BCUT2D eigenvalue weighted by Gasteiger charge is -2.32. The Morgan fingerprint density at radius 2 is 1.52 bits per heavy atom. The van der Waals surface area contributed by atoms with Crippen molar-refractivity contribution in [2.75, 3.05) is 17.4 Å². The maximum absolute atomic E-state index is 14.0. The lowest BCUT2D eigenvalue weighted by atomic mass is 10.1. The van der Waals surface area contributed by atoms with E-state index in [1.54, 1.807) is 44.2 Å². The van der Waals surface area contributed by atoms with Gasteiger partial charge in [0.15, 0.2) is 0 Å². The lowest BCUT2D eigenvalue weighted by Crippen LogP contribution is -2.51. The normalized spacial score (nSPS) is 12.1. The van der Waals surface area contributed by atoms with Crippen LogP contribution in [0.5, 0.6) is 0 Å². The van der Waals surface area contributed by atoms with Gasteiger partial charge in [-0.2, -0.15) is 0 Å². The Bertz CT molecular complexity index is 1420. The minimum atomic E-state index is -4.15. The fraction of sp³-hybridized carbons (Fsp3) is 0.355. The number of anilines is 1. The molecule has 0 unspecified atom stereocenters. The topological polar surface area (TPSA) is 86.8 Å². The summed E-state index contributed by atoms with van der Waals surface area (Å²) in [6.45, 7) is 9.40. The number of hydrogen-bond acceptors (Lipinski definition) is 4. The molecule has 1 atom stereocenters. The van der Waals surface area contributed by atoms with Gasteiger partial charge in [-0.05, 0) is 69.5 Å². The van der Waals surface area contributed by atoms with E-state index < -0.39 is 28.5 Å². The first-order valence-electron chi connectivity index (χ1n) is 13.4. The number of hydrogen-bond donors (Lipinski definition) is 1. The van der Waals surface area contributed by atoms with Crippen molar-refractivity contribution in [1.29, 1.82) is 0 Å². The summed E-state index contributed by atoms with van der Waals surface area (Å²) in [5.41, 5.74) is 3.64. The van der Waals surface area contributed by atoms with E-state index in [1.807, 2.05) is 45.0 Å². The Labute approximate surface area is 243 Å². The molecule has 0 aliphatic heterocycles. The van der Waals surface area contributed by atoms with Crippen LogP contribution in [0.25, 0.3) is 0 Å². The van der Waals surface area contributed by atoms with Crippen LogP contribution in [-0.4, -0.2) is 44.3 Å². The molecule has 3 aromatic carbocycles. The maximum atomic E-state index is 14.0. The molecule has 0 saturated heterocycles.